The highest BCUT2D eigenvalue weighted by atomic mass is 15.2. The van der Waals surface area contributed by atoms with Gasteiger partial charge in [-0.05, 0) is 106 Å². The van der Waals surface area contributed by atoms with Crippen molar-refractivity contribution < 1.29 is 0 Å². The number of hydrogen-bond acceptors (Lipinski definition) is 1. The number of benzene rings is 7. The maximum Gasteiger partial charge on any atom is 0.0541 e. The van der Waals surface area contributed by atoms with Gasteiger partial charge in [0, 0.05) is 39.8 Å². The first-order valence-corrected chi connectivity index (χ1v) is 18.1. The van der Waals surface area contributed by atoms with Crippen LogP contribution in [0.1, 0.15) is 37.2 Å². The largest absolute Gasteiger partial charge is 0.338 e. The van der Waals surface area contributed by atoms with Crippen molar-refractivity contribution in [2.45, 2.75) is 37.6 Å². The lowest BCUT2D eigenvalue weighted by molar-refractivity contribution is 0.402. The monoisotopic (exact) mass is 642 g/mol. The third-order valence-electron chi connectivity index (χ3n) is 11.2. The van der Waals surface area contributed by atoms with Gasteiger partial charge in [-0.3, -0.25) is 0 Å². The van der Waals surface area contributed by atoms with Crippen LogP contribution in [-0.2, 0) is 0 Å². The van der Waals surface area contributed by atoms with Crippen LogP contribution in [0.3, 0.4) is 0 Å². The van der Waals surface area contributed by atoms with Crippen LogP contribution < -0.4 is 4.90 Å². The van der Waals surface area contributed by atoms with Crippen LogP contribution in [0.4, 0.5) is 11.4 Å². The van der Waals surface area contributed by atoms with Crippen molar-refractivity contribution in [1.82, 2.24) is 4.57 Å². The molecule has 2 aliphatic rings. The molecule has 1 saturated carbocycles. The molecule has 0 bridgehead atoms. The molecule has 1 aromatic heterocycles. The fraction of sp³-hybridized carbons (Fsp3) is 0.125. The molecule has 240 valence electrons. The van der Waals surface area contributed by atoms with E-state index < -0.39 is 0 Å². The average Bonchev–Trinajstić information content (AvgIpc) is 3.71. The van der Waals surface area contributed by atoms with Crippen molar-refractivity contribution >= 4 is 33.2 Å². The van der Waals surface area contributed by atoms with E-state index in [2.05, 4.69) is 179 Å². The number of rotatable bonds is 5. The van der Waals surface area contributed by atoms with Crippen LogP contribution in [-0.4, -0.2) is 10.6 Å². The minimum Gasteiger partial charge on any atom is -0.338 e. The van der Waals surface area contributed by atoms with E-state index in [1.807, 2.05) is 0 Å². The Morgan fingerprint density at radius 2 is 0.940 bits per heavy atom. The first-order valence-electron chi connectivity index (χ1n) is 18.1. The second kappa shape index (κ2) is 11.9. The van der Waals surface area contributed by atoms with Gasteiger partial charge in [-0.2, -0.15) is 0 Å². The Bertz CT molecular complexity index is 2470. The molecule has 0 N–H and O–H groups in total. The molecule has 0 saturated heterocycles. The van der Waals surface area contributed by atoms with Crippen LogP contribution in [0.25, 0.3) is 60.9 Å². The van der Waals surface area contributed by atoms with Crippen molar-refractivity contribution in [3.05, 3.63) is 175 Å². The van der Waals surface area contributed by atoms with Gasteiger partial charge in [0.15, 0.2) is 0 Å². The molecule has 7 aromatic carbocycles. The molecular weight excluding hydrogens is 605 g/mol. The van der Waals surface area contributed by atoms with Gasteiger partial charge in [-0.15, -0.1) is 0 Å². The standard InChI is InChI=1S/C48H38N2/c1-3-11-33(12-4-1)35-19-25-39(26-20-35)49-45-17-9-7-15-41(45)43-31-37(23-29-47(43)49)38-24-30-48-44(32-38)42-16-8-10-18-46(42)50(48)40-27-21-36(22-28-40)34-13-5-2-6-14-34/h1-7,9,11-15,17,19-32,42,46H,8,10,16,18H2. The highest BCUT2D eigenvalue weighted by molar-refractivity contribution is 6.10. The smallest absolute Gasteiger partial charge is 0.0541 e. The lowest BCUT2D eigenvalue weighted by atomic mass is 9.82. The minimum atomic E-state index is 0.519. The summed E-state index contributed by atoms with van der Waals surface area (Å²) in [6, 6.07) is 63.2. The first kappa shape index (κ1) is 29.1. The molecule has 2 nitrogen and oxygen atoms in total. The molecule has 10 rings (SSSR count). The third kappa shape index (κ3) is 4.78. The SMILES string of the molecule is c1ccc(-c2ccc(N3c4ccc(-c5ccc6c(c5)c5ccccc5n6-c5ccc(-c6ccccc6)cc5)cc4C4CCCCC43)cc2)cc1. The predicted molar refractivity (Wildman–Crippen MR) is 211 cm³/mol. The summed E-state index contributed by atoms with van der Waals surface area (Å²) in [6.07, 6.45) is 5.11. The predicted octanol–water partition coefficient (Wildman–Crippen LogP) is 13.0. The van der Waals surface area contributed by atoms with Crippen LogP contribution >= 0.6 is 0 Å². The number of fused-ring (bicyclic) bond motifs is 6. The Balaban J connectivity index is 1.03. The van der Waals surface area contributed by atoms with E-state index in [-0.39, 0.29) is 0 Å². The molecule has 2 atom stereocenters. The molecule has 1 aliphatic heterocycles. The van der Waals surface area contributed by atoms with E-state index in [1.54, 1.807) is 0 Å². The third-order valence-corrected chi connectivity index (χ3v) is 11.2. The van der Waals surface area contributed by atoms with Crippen LogP contribution in [0.5, 0.6) is 0 Å². The second-order valence-electron chi connectivity index (χ2n) is 14.0. The highest BCUT2D eigenvalue weighted by Gasteiger charge is 2.40. The van der Waals surface area contributed by atoms with Crippen LogP contribution in [0.15, 0.2) is 170 Å². The molecule has 2 heterocycles. The average molecular weight is 643 g/mol. The Morgan fingerprint density at radius 1 is 0.400 bits per heavy atom. The lowest BCUT2D eigenvalue weighted by Gasteiger charge is -2.33. The lowest BCUT2D eigenvalue weighted by Crippen LogP contribution is -2.32. The number of nitrogens with zero attached hydrogens (tertiary/aromatic N) is 2. The Hall–Kier alpha value is -5.86. The van der Waals surface area contributed by atoms with Gasteiger partial charge in [0.2, 0.25) is 0 Å². The van der Waals surface area contributed by atoms with Gasteiger partial charge in [0.05, 0.1) is 11.0 Å². The molecular formula is C48H38N2. The maximum atomic E-state index is 2.65. The maximum absolute atomic E-state index is 2.65. The molecule has 50 heavy (non-hydrogen) atoms. The number of aromatic nitrogens is 1. The topological polar surface area (TPSA) is 8.17 Å². The Kier molecular flexibility index (Phi) is 6.94. The molecule has 8 aromatic rings. The molecule has 0 spiro atoms. The van der Waals surface area contributed by atoms with Gasteiger partial charge >= 0.3 is 0 Å². The summed E-state index contributed by atoms with van der Waals surface area (Å²) in [5.41, 5.74) is 15.4. The van der Waals surface area contributed by atoms with E-state index in [1.165, 1.54) is 103 Å². The van der Waals surface area contributed by atoms with Gasteiger partial charge in [-0.1, -0.05) is 128 Å². The van der Waals surface area contributed by atoms with Crippen LogP contribution in [0, 0.1) is 0 Å². The summed E-state index contributed by atoms with van der Waals surface area (Å²) in [4.78, 5) is 2.65. The van der Waals surface area contributed by atoms with Gasteiger partial charge in [0.1, 0.15) is 0 Å². The summed E-state index contributed by atoms with van der Waals surface area (Å²) in [5, 5.41) is 2.58. The zero-order valence-corrected chi connectivity index (χ0v) is 28.0. The van der Waals surface area contributed by atoms with Crippen LogP contribution in [0.2, 0.25) is 0 Å². The molecule has 0 amide bonds. The molecule has 2 unspecified atom stereocenters. The van der Waals surface area contributed by atoms with E-state index in [4.69, 9.17) is 0 Å². The molecule has 0 radical (unpaired) electrons. The Labute approximate surface area is 293 Å². The highest BCUT2D eigenvalue weighted by Crippen LogP contribution is 2.52. The van der Waals surface area contributed by atoms with Crippen molar-refractivity contribution in [1.29, 1.82) is 0 Å². The Morgan fingerprint density at radius 3 is 1.66 bits per heavy atom. The van der Waals surface area contributed by atoms with Crippen molar-refractivity contribution in [2.24, 2.45) is 0 Å². The van der Waals surface area contributed by atoms with E-state index >= 15 is 0 Å². The minimum absolute atomic E-state index is 0.519. The zero-order chi connectivity index (χ0) is 33.0. The van der Waals surface area contributed by atoms with Gasteiger partial charge < -0.3 is 9.47 Å². The quantitative estimate of drug-likeness (QED) is 0.181. The molecule has 1 fully saturated rings. The van der Waals surface area contributed by atoms with E-state index in [0.29, 0.717) is 12.0 Å². The van der Waals surface area contributed by atoms with E-state index in [0.717, 1.165) is 0 Å². The summed E-state index contributed by atoms with van der Waals surface area (Å²) in [5.74, 6) is 0.567. The van der Waals surface area contributed by atoms with Crippen molar-refractivity contribution in [3.8, 4) is 39.1 Å². The molecule has 1 aliphatic carbocycles. The normalized spacial score (nSPS) is 16.8. The fourth-order valence-electron chi connectivity index (χ4n) is 8.85. The van der Waals surface area contributed by atoms with E-state index in [9.17, 15) is 0 Å². The summed E-state index contributed by atoms with van der Waals surface area (Å²) >= 11 is 0. The van der Waals surface area contributed by atoms with Gasteiger partial charge in [0.25, 0.3) is 0 Å². The second-order valence-corrected chi connectivity index (χ2v) is 14.0. The fourth-order valence-corrected chi connectivity index (χ4v) is 8.85. The summed E-state index contributed by atoms with van der Waals surface area (Å²) < 4.78 is 2.42. The zero-order valence-electron chi connectivity index (χ0n) is 28.0. The first-order chi connectivity index (χ1) is 24.8. The number of para-hydroxylation sites is 1. The van der Waals surface area contributed by atoms with Crippen molar-refractivity contribution in [3.63, 3.8) is 0 Å². The van der Waals surface area contributed by atoms with Crippen molar-refractivity contribution in [2.75, 3.05) is 4.90 Å². The number of hydrogen-bond donors (Lipinski definition) is 0. The number of anilines is 2. The van der Waals surface area contributed by atoms with Gasteiger partial charge in [-0.25, -0.2) is 0 Å². The summed E-state index contributed by atoms with van der Waals surface area (Å²) in [7, 11) is 0. The molecule has 2 heteroatoms. The summed E-state index contributed by atoms with van der Waals surface area (Å²) in [6.45, 7) is 0.